The zero-order chi connectivity index (χ0) is 19.1. The molecule has 5 heteroatoms. The van der Waals surface area contributed by atoms with E-state index in [-0.39, 0.29) is 11.7 Å². The van der Waals surface area contributed by atoms with E-state index in [1.54, 1.807) is 30.5 Å². The maximum absolute atomic E-state index is 13.6. The Bertz CT molecular complexity index is 927. The predicted octanol–water partition coefficient (Wildman–Crippen LogP) is 4.50. The van der Waals surface area contributed by atoms with Crippen LogP contribution in [0.15, 0.2) is 67.0 Å². The first-order valence-corrected chi connectivity index (χ1v) is 8.99. The molecule has 0 unspecified atom stereocenters. The number of pyridine rings is 1. The van der Waals surface area contributed by atoms with Crippen LogP contribution in [0.3, 0.4) is 0 Å². The molecule has 0 aliphatic heterocycles. The number of rotatable bonds is 7. The van der Waals surface area contributed by atoms with Crippen LogP contribution in [0.2, 0.25) is 0 Å². The lowest BCUT2D eigenvalue weighted by molar-refractivity contribution is 0.0953. The normalized spacial score (nSPS) is 10.4. The van der Waals surface area contributed by atoms with E-state index in [0.717, 1.165) is 17.8 Å². The van der Waals surface area contributed by atoms with Crippen LogP contribution in [-0.4, -0.2) is 17.4 Å². The highest BCUT2D eigenvalue weighted by molar-refractivity contribution is 5.94. The van der Waals surface area contributed by atoms with Gasteiger partial charge in [0, 0.05) is 18.4 Å². The molecule has 0 spiro atoms. The number of aryl methyl sites for hydroxylation is 1. The van der Waals surface area contributed by atoms with Crippen LogP contribution in [0.5, 0.6) is 0 Å². The minimum atomic E-state index is -0.255. The average molecular weight is 363 g/mol. The summed E-state index contributed by atoms with van der Waals surface area (Å²) in [6.45, 7) is 2.45. The number of para-hydroxylation sites is 1. The molecule has 0 saturated carbocycles. The Balaban J connectivity index is 1.62. The second-order valence-corrected chi connectivity index (χ2v) is 6.20. The van der Waals surface area contributed by atoms with Gasteiger partial charge in [-0.25, -0.2) is 4.39 Å². The van der Waals surface area contributed by atoms with Crippen molar-refractivity contribution in [2.24, 2.45) is 0 Å². The van der Waals surface area contributed by atoms with Crippen molar-refractivity contribution in [3.05, 3.63) is 89.5 Å². The number of benzene rings is 2. The zero-order valence-corrected chi connectivity index (χ0v) is 15.2. The van der Waals surface area contributed by atoms with Gasteiger partial charge in [-0.3, -0.25) is 9.78 Å². The van der Waals surface area contributed by atoms with Crippen molar-refractivity contribution in [3.8, 4) is 0 Å². The molecule has 1 heterocycles. The summed E-state index contributed by atoms with van der Waals surface area (Å²) in [7, 11) is 0. The fourth-order valence-electron chi connectivity index (χ4n) is 2.85. The van der Waals surface area contributed by atoms with Crippen molar-refractivity contribution >= 4 is 17.3 Å². The lowest BCUT2D eigenvalue weighted by atomic mass is 10.1. The molecular weight excluding hydrogens is 341 g/mol. The van der Waals surface area contributed by atoms with Gasteiger partial charge in [0.15, 0.2) is 0 Å². The maximum Gasteiger partial charge on any atom is 0.252 e. The summed E-state index contributed by atoms with van der Waals surface area (Å²) < 4.78 is 13.6. The lowest BCUT2D eigenvalue weighted by Gasteiger charge is -2.11. The molecular formula is C22H22FN3O. The third-order valence-electron chi connectivity index (χ3n) is 4.32. The van der Waals surface area contributed by atoms with E-state index in [0.29, 0.717) is 24.1 Å². The Morgan fingerprint density at radius 2 is 1.78 bits per heavy atom. The summed E-state index contributed by atoms with van der Waals surface area (Å²) in [4.78, 5) is 16.5. The number of carbonyl (C=O) groups excluding carboxylic acids is 1. The van der Waals surface area contributed by atoms with Gasteiger partial charge in [-0.05, 0) is 42.2 Å². The predicted molar refractivity (Wildman–Crippen MR) is 106 cm³/mol. The molecule has 3 rings (SSSR count). The van der Waals surface area contributed by atoms with Crippen molar-refractivity contribution in [3.63, 3.8) is 0 Å². The third-order valence-corrected chi connectivity index (χ3v) is 4.32. The number of amides is 1. The second kappa shape index (κ2) is 8.94. The Kier molecular flexibility index (Phi) is 6.15. The number of carbonyl (C=O) groups is 1. The van der Waals surface area contributed by atoms with E-state index in [4.69, 9.17) is 0 Å². The fraction of sp³-hybridized carbons (Fsp3) is 0.182. The molecule has 4 nitrogen and oxygen atoms in total. The minimum Gasteiger partial charge on any atom is -0.354 e. The van der Waals surface area contributed by atoms with E-state index in [2.05, 4.69) is 28.6 Å². The summed E-state index contributed by atoms with van der Waals surface area (Å²) in [5, 5.41) is 6.13. The molecule has 2 N–H and O–H groups in total. The molecule has 0 saturated heterocycles. The van der Waals surface area contributed by atoms with Crippen LogP contribution in [0, 0.1) is 5.82 Å². The van der Waals surface area contributed by atoms with Crippen LogP contribution in [0.1, 0.15) is 28.4 Å². The first kappa shape index (κ1) is 18.6. The molecule has 27 heavy (non-hydrogen) atoms. The number of aromatic nitrogens is 1. The Morgan fingerprint density at radius 1 is 1.04 bits per heavy atom. The van der Waals surface area contributed by atoms with Crippen LogP contribution in [0.4, 0.5) is 15.8 Å². The van der Waals surface area contributed by atoms with Crippen LogP contribution in [0.25, 0.3) is 0 Å². The summed E-state index contributed by atoms with van der Waals surface area (Å²) >= 11 is 0. The number of hydrogen-bond donors (Lipinski definition) is 2. The van der Waals surface area contributed by atoms with E-state index < -0.39 is 0 Å². The summed E-state index contributed by atoms with van der Waals surface area (Å²) in [5.74, 6) is -0.486. The SMILES string of the molecule is CCc1ccccc1Nc1cncc(C(=O)NCCc2ccccc2F)c1. The lowest BCUT2D eigenvalue weighted by Crippen LogP contribution is -2.26. The highest BCUT2D eigenvalue weighted by Gasteiger charge is 2.08. The summed E-state index contributed by atoms with van der Waals surface area (Å²) in [5.41, 5.74) is 3.99. The van der Waals surface area contributed by atoms with Gasteiger partial charge in [0.1, 0.15) is 5.82 Å². The van der Waals surface area contributed by atoms with Gasteiger partial charge in [-0.2, -0.15) is 0 Å². The maximum atomic E-state index is 13.6. The molecule has 0 aliphatic carbocycles. The average Bonchev–Trinajstić information content (AvgIpc) is 2.70. The number of hydrogen-bond acceptors (Lipinski definition) is 3. The molecule has 0 fully saturated rings. The molecule has 138 valence electrons. The first-order valence-electron chi connectivity index (χ1n) is 8.99. The van der Waals surface area contributed by atoms with Crippen LogP contribution < -0.4 is 10.6 Å². The number of halogens is 1. The Labute approximate surface area is 158 Å². The van der Waals surface area contributed by atoms with E-state index in [9.17, 15) is 9.18 Å². The monoisotopic (exact) mass is 363 g/mol. The molecule has 0 radical (unpaired) electrons. The van der Waals surface area contributed by atoms with Gasteiger partial charge >= 0.3 is 0 Å². The van der Waals surface area contributed by atoms with Gasteiger partial charge < -0.3 is 10.6 Å². The van der Waals surface area contributed by atoms with Crippen molar-refractivity contribution in [1.29, 1.82) is 0 Å². The highest BCUT2D eigenvalue weighted by Crippen LogP contribution is 2.21. The standard InChI is InChI=1S/C22H22FN3O/c1-2-16-7-4-6-10-21(16)26-19-13-18(14-24-15-19)22(27)25-12-11-17-8-3-5-9-20(17)23/h3-10,13-15,26H,2,11-12H2,1H3,(H,25,27). The topological polar surface area (TPSA) is 54.0 Å². The number of nitrogens with zero attached hydrogens (tertiary/aromatic N) is 1. The molecule has 1 aromatic heterocycles. The highest BCUT2D eigenvalue weighted by atomic mass is 19.1. The molecule has 3 aromatic rings. The van der Waals surface area contributed by atoms with Crippen LogP contribution >= 0.6 is 0 Å². The molecule has 0 atom stereocenters. The second-order valence-electron chi connectivity index (χ2n) is 6.20. The van der Waals surface area contributed by atoms with Gasteiger partial charge in [0.05, 0.1) is 17.4 Å². The zero-order valence-electron chi connectivity index (χ0n) is 15.2. The molecule has 1 amide bonds. The van der Waals surface area contributed by atoms with Crippen molar-refractivity contribution < 1.29 is 9.18 Å². The third kappa shape index (κ3) is 4.91. The minimum absolute atomic E-state index is 0.230. The smallest absolute Gasteiger partial charge is 0.252 e. The van der Waals surface area contributed by atoms with Crippen LogP contribution in [-0.2, 0) is 12.8 Å². The fourth-order valence-corrected chi connectivity index (χ4v) is 2.85. The molecule has 0 bridgehead atoms. The molecule has 2 aromatic carbocycles. The van der Waals surface area contributed by atoms with Gasteiger partial charge in [-0.15, -0.1) is 0 Å². The van der Waals surface area contributed by atoms with Crippen molar-refractivity contribution in [2.75, 3.05) is 11.9 Å². The van der Waals surface area contributed by atoms with E-state index in [1.165, 1.54) is 17.8 Å². The quantitative estimate of drug-likeness (QED) is 0.650. The van der Waals surface area contributed by atoms with Gasteiger partial charge in [-0.1, -0.05) is 43.3 Å². The van der Waals surface area contributed by atoms with Crippen molar-refractivity contribution in [2.45, 2.75) is 19.8 Å². The number of anilines is 2. The van der Waals surface area contributed by atoms with E-state index in [1.807, 2.05) is 18.2 Å². The largest absolute Gasteiger partial charge is 0.354 e. The van der Waals surface area contributed by atoms with E-state index >= 15 is 0 Å². The molecule has 0 aliphatic rings. The van der Waals surface area contributed by atoms with Crippen molar-refractivity contribution in [1.82, 2.24) is 10.3 Å². The van der Waals surface area contributed by atoms with Gasteiger partial charge in [0.25, 0.3) is 5.91 Å². The number of nitrogens with one attached hydrogen (secondary N) is 2. The Morgan fingerprint density at radius 3 is 2.56 bits per heavy atom. The summed E-state index contributed by atoms with van der Waals surface area (Å²) in [6.07, 6.45) is 4.55. The summed E-state index contributed by atoms with van der Waals surface area (Å²) in [6, 6.07) is 16.4. The van der Waals surface area contributed by atoms with Gasteiger partial charge in [0.2, 0.25) is 0 Å². The first-order chi connectivity index (χ1) is 13.2. The Hall–Kier alpha value is -3.21.